The highest BCUT2D eigenvalue weighted by Crippen LogP contribution is 2.43. The number of benzene rings is 4. The van der Waals surface area contributed by atoms with E-state index in [-0.39, 0.29) is 40.0 Å². The molecule has 4 aromatic carbocycles. The first-order valence-corrected chi connectivity index (χ1v) is 24.9. The molecule has 0 heterocycles. The van der Waals surface area contributed by atoms with Crippen LogP contribution in [0.5, 0.6) is 0 Å². The van der Waals surface area contributed by atoms with Gasteiger partial charge in [-0.3, -0.25) is 9.59 Å². The summed E-state index contributed by atoms with van der Waals surface area (Å²) in [5.41, 5.74) is 11.6. The van der Waals surface area contributed by atoms with Crippen LogP contribution < -0.4 is 5.73 Å². The standard InChI is InChI=1S/C55H69NO4S/c1-3-5-7-9-11-13-17-38-21-25-40(26-22-38)41-27-29-42(30-28-41)43-31-35-45(36-32-43)61-49-37-48(52(56)51-50(49)53(57)46-19-15-16-20-47(46)54(51)58)55(59)60-44-33-23-39(24-34-44)18-14-12-10-8-6-4-2/h15-16,19-20,27-32,35-40,44H,3-14,17-18,21-26,33-34,56H2,1-2H3. The monoisotopic (exact) mass is 839 g/mol. The number of nitrogen functional groups attached to an aromatic ring is 1. The number of anilines is 1. The summed E-state index contributed by atoms with van der Waals surface area (Å²) >= 11 is 1.38. The van der Waals surface area contributed by atoms with Gasteiger partial charge in [0.15, 0.2) is 11.6 Å². The number of unbranched alkanes of at least 4 members (excludes halogenated alkanes) is 10. The Balaban J connectivity index is 1.01. The van der Waals surface area contributed by atoms with Crippen molar-refractivity contribution in [1.82, 2.24) is 0 Å². The van der Waals surface area contributed by atoms with Gasteiger partial charge in [0, 0.05) is 26.5 Å². The van der Waals surface area contributed by atoms with Gasteiger partial charge in [0.1, 0.15) is 6.10 Å². The molecule has 3 aliphatic carbocycles. The smallest absolute Gasteiger partial charge is 0.340 e. The molecule has 0 bridgehead atoms. The van der Waals surface area contributed by atoms with Crippen LogP contribution in [0.1, 0.15) is 209 Å². The van der Waals surface area contributed by atoms with Crippen molar-refractivity contribution in [2.75, 3.05) is 5.73 Å². The summed E-state index contributed by atoms with van der Waals surface area (Å²) in [7, 11) is 0. The molecule has 0 aliphatic heterocycles. The topological polar surface area (TPSA) is 86.5 Å². The first kappa shape index (κ1) is 44.9. The van der Waals surface area contributed by atoms with E-state index in [1.165, 1.54) is 138 Å². The van der Waals surface area contributed by atoms with Crippen molar-refractivity contribution in [3.05, 3.63) is 112 Å². The first-order valence-electron chi connectivity index (χ1n) is 24.1. The van der Waals surface area contributed by atoms with Crippen molar-refractivity contribution in [1.29, 1.82) is 0 Å². The minimum atomic E-state index is -0.527. The second-order valence-electron chi connectivity index (χ2n) is 18.4. The zero-order valence-electron chi connectivity index (χ0n) is 37.0. The van der Waals surface area contributed by atoms with Crippen LogP contribution in [-0.2, 0) is 4.74 Å². The van der Waals surface area contributed by atoms with E-state index in [0.29, 0.717) is 27.9 Å². The van der Waals surface area contributed by atoms with Crippen molar-refractivity contribution in [2.24, 2.45) is 11.8 Å². The van der Waals surface area contributed by atoms with Crippen LogP contribution >= 0.6 is 11.8 Å². The van der Waals surface area contributed by atoms with Gasteiger partial charge in [0.2, 0.25) is 0 Å². The Morgan fingerprint density at radius 2 is 1.10 bits per heavy atom. The molecule has 6 heteroatoms. The predicted octanol–water partition coefficient (Wildman–Crippen LogP) is 15.4. The van der Waals surface area contributed by atoms with Crippen LogP contribution in [0.2, 0.25) is 0 Å². The summed E-state index contributed by atoms with van der Waals surface area (Å²) in [6.07, 6.45) is 27.7. The van der Waals surface area contributed by atoms with Gasteiger partial charge in [-0.2, -0.15) is 0 Å². The SMILES string of the molecule is CCCCCCCCC1CCC(OC(=O)c2cc(Sc3ccc(-c4ccc(C5CCC(CCCCCCCC)CC5)cc4)cc3)c3c(c2N)C(=O)c2ccccc2C3=O)CC1. The van der Waals surface area contributed by atoms with Crippen molar-refractivity contribution in [2.45, 2.75) is 177 Å². The highest BCUT2D eigenvalue weighted by Gasteiger charge is 2.37. The lowest BCUT2D eigenvalue weighted by molar-refractivity contribution is 0.0161. The van der Waals surface area contributed by atoms with Gasteiger partial charge in [-0.05, 0) is 104 Å². The Morgan fingerprint density at radius 1 is 0.607 bits per heavy atom. The van der Waals surface area contributed by atoms with Gasteiger partial charge in [-0.25, -0.2) is 4.79 Å². The molecular formula is C55H69NO4S. The molecule has 7 rings (SSSR count). The molecule has 2 saturated carbocycles. The van der Waals surface area contributed by atoms with Crippen molar-refractivity contribution < 1.29 is 19.1 Å². The third kappa shape index (κ3) is 11.5. The first-order chi connectivity index (χ1) is 29.8. The summed E-state index contributed by atoms with van der Waals surface area (Å²) in [4.78, 5) is 43.6. The van der Waals surface area contributed by atoms with Crippen LogP contribution in [0.25, 0.3) is 11.1 Å². The summed E-state index contributed by atoms with van der Waals surface area (Å²) < 4.78 is 6.12. The van der Waals surface area contributed by atoms with Crippen LogP contribution in [0, 0.1) is 11.8 Å². The number of rotatable bonds is 20. The largest absolute Gasteiger partial charge is 0.459 e. The number of nitrogens with two attached hydrogens (primary N) is 1. The van der Waals surface area contributed by atoms with E-state index < -0.39 is 5.97 Å². The summed E-state index contributed by atoms with van der Waals surface area (Å²) in [6.45, 7) is 4.54. The van der Waals surface area contributed by atoms with E-state index in [4.69, 9.17) is 10.5 Å². The molecular weight excluding hydrogens is 771 g/mol. The normalized spacial score (nSPS) is 20.0. The molecule has 324 valence electrons. The zero-order chi connectivity index (χ0) is 42.6. The fraction of sp³-hybridized carbons (Fsp3) is 0.509. The van der Waals surface area contributed by atoms with Gasteiger partial charge in [-0.1, -0.05) is 176 Å². The maximum Gasteiger partial charge on any atom is 0.340 e. The second kappa shape index (κ2) is 22.3. The number of carbonyl (C=O) groups excluding carboxylic acids is 3. The number of hydrogen-bond donors (Lipinski definition) is 1. The molecule has 0 aromatic heterocycles. The van der Waals surface area contributed by atoms with E-state index in [1.54, 1.807) is 30.3 Å². The van der Waals surface area contributed by atoms with Gasteiger partial charge >= 0.3 is 5.97 Å². The highest BCUT2D eigenvalue weighted by molar-refractivity contribution is 7.99. The average molecular weight is 840 g/mol. The number of hydrogen-bond acceptors (Lipinski definition) is 6. The third-order valence-electron chi connectivity index (χ3n) is 14.1. The number of ketones is 2. The molecule has 0 spiro atoms. The highest BCUT2D eigenvalue weighted by atomic mass is 32.2. The molecule has 4 aromatic rings. The van der Waals surface area contributed by atoms with Gasteiger partial charge in [-0.15, -0.1) is 0 Å². The van der Waals surface area contributed by atoms with Gasteiger partial charge in [0.25, 0.3) is 0 Å². The summed E-state index contributed by atoms with van der Waals surface area (Å²) in [5.74, 6) is 1.11. The molecule has 0 amide bonds. The van der Waals surface area contributed by atoms with Crippen LogP contribution in [0.3, 0.4) is 0 Å². The maximum absolute atomic E-state index is 14.1. The van der Waals surface area contributed by atoms with Crippen LogP contribution in [0.15, 0.2) is 88.7 Å². The molecule has 0 unspecified atom stereocenters. The number of carbonyl (C=O) groups is 3. The van der Waals surface area contributed by atoms with Crippen molar-refractivity contribution in [3.8, 4) is 11.1 Å². The summed E-state index contributed by atoms with van der Waals surface area (Å²) in [6, 6.07) is 26.0. The quantitative estimate of drug-likeness (QED) is 0.0477. The molecule has 0 radical (unpaired) electrons. The fourth-order valence-corrected chi connectivity index (χ4v) is 11.3. The van der Waals surface area contributed by atoms with Crippen molar-refractivity contribution in [3.63, 3.8) is 0 Å². The van der Waals surface area contributed by atoms with E-state index in [1.807, 2.05) is 12.1 Å². The minimum Gasteiger partial charge on any atom is -0.459 e. The summed E-state index contributed by atoms with van der Waals surface area (Å²) in [5, 5.41) is 0. The van der Waals surface area contributed by atoms with E-state index in [9.17, 15) is 14.4 Å². The Kier molecular flexibility index (Phi) is 16.4. The lowest BCUT2D eigenvalue weighted by Gasteiger charge is -2.29. The minimum absolute atomic E-state index is 0.0222. The Bertz CT molecular complexity index is 2070. The number of esters is 1. The predicted molar refractivity (Wildman–Crippen MR) is 252 cm³/mol. The second-order valence-corrected chi connectivity index (χ2v) is 19.5. The molecule has 2 N–H and O–H groups in total. The lowest BCUT2D eigenvalue weighted by Crippen LogP contribution is -2.27. The van der Waals surface area contributed by atoms with Crippen LogP contribution in [0.4, 0.5) is 5.69 Å². The number of fused-ring (bicyclic) bond motifs is 2. The molecule has 5 nitrogen and oxygen atoms in total. The molecule has 3 aliphatic rings. The molecule has 61 heavy (non-hydrogen) atoms. The lowest BCUT2D eigenvalue weighted by atomic mass is 9.77. The molecule has 0 saturated heterocycles. The van der Waals surface area contributed by atoms with E-state index >= 15 is 0 Å². The van der Waals surface area contributed by atoms with E-state index in [0.717, 1.165) is 42.1 Å². The maximum atomic E-state index is 14.1. The number of ether oxygens (including phenoxy) is 1. The Morgan fingerprint density at radius 3 is 1.66 bits per heavy atom. The van der Waals surface area contributed by atoms with Crippen LogP contribution in [-0.4, -0.2) is 23.6 Å². The average Bonchev–Trinajstić information content (AvgIpc) is 3.29. The fourth-order valence-electron chi connectivity index (χ4n) is 10.3. The Hall–Kier alpha value is -4.16. The zero-order valence-corrected chi connectivity index (χ0v) is 37.8. The Labute approximate surface area is 370 Å². The van der Waals surface area contributed by atoms with Crippen molar-refractivity contribution >= 4 is 35.0 Å². The van der Waals surface area contributed by atoms with Gasteiger partial charge in [0.05, 0.1) is 16.8 Å². The van der Waals surface area contributed by atoms with E-state index in [2.05, 4.69) is 50.2 Å². The van der Waals surface area contributed by atoms with Gasteiger partial charge < -0.3 is 10.5 Å². The molecule has 0 atom stereocenters. The third-order valence-corrected chi connectivity index (χ3v) is 15.1. The molecule has 2 fully saturated rings.